The molecule has 2 aromatic carbocycles. The van der Waals surface area contributed by atoms with Gasteiger partial charge in [0.2, 0.25) is 0 Å². The third-order valence-electron chi connectivity index (χ3n) is 2.95. The van der Waals surface area contributed by atoms with E-state index in [9.17, 15) is 9.59 Å². The number of ether oxygens (including phenoxy) is 3. The number of carbonyl (C=O) groups excluding carboxylic acids is 2. The third-order valence-corrected chi connectivity index (χ3v) is 3.48. The quantitative estimate of drug-likeness (QED) is 0.684. The molecule has 0 saturated heterocycles. The second-order valence-electron chi connectivity index (χ2n) is 4.78. The third kappa shape index (κ3) is 6.34. The molecule has 0 aliphatic heterocycles. The first-order valence-electron chi connectivity index (χ1n) is 7.30. The van der Waals surface area contributed by atoms with Crippen LogP contribution in [-0.4, -0.2) is 32.1 Å². The lowest BCUT2D eigenvalue weighted by Gasteiger charge is -2.11. The van der Waals surface area contributed by atoms with Crippen molar-refractivity contribution in [2.75, 3.05) is 20.3 Å². The molecule has 132 valence electrons. The van der Waals surface area contributed by atoms with Crippen LogP contribution < -0.4 is 25.1 Å². The smallest absolute Gasteiger partial charge is 0.276 e. The largest absolute Gasteiger partial charge is 0.493 e. The van der Waals surface area contributed by atoms with Gasteiger partial charge in [0.1, 0.15) is 5.75 Å². The van der Waals surface area contributed by atoms with E-state index in [0.717, 1.165) is 4.47 Å². The summed E-state index contributed by atoms with van der Waals surface area (Å²) in [6.45, 7) is -0.497. The van der Waals surface area contributed by atoms with Gasteiger partial charge in [-0.1, -0.05) is 28.1 Å². The molecule has 2 amide bonds. The molecule has 0 fully saturated rings. The van der Waals surface area contributed by atoms with Gasteiger partial charge in [-0.3, -0.25) is 20.4 Å². The van der Waals surface area contributed by atoms with Crippen LogP contribution in [-0.2, 0) is 9.59 Å². The van der Waals surface area contributed by atoms with Gasteiger partial charge in [-0.25, -0.2) is 0 Å². The van der Waals surface area contributed by atoms with Crippen molar-refractivity contribution in [1.82, 2.24) is 10.9 Å². The van der Waals surface area contributed by atoms with E-state index in [1.54, 1.807) is 48.5 Å². The molecule has 0 aromatic heterocycles. The van der Waals surface area contributed by atoms with Gasteiger partial charge in [0.25, 0.3) is 11.8 Å². The number of nitrogens with one attached hydrogen (secondary N) is 2. The van der Waals surface area contributed by atoms with Crippen LogP contribution in [0.1, 0.15) is 0 Å². The zero-order valence-electron chi connectivity index (χ0n) is 13.5. The average molecular weight is 409 g/mol. The molecule has 0 aliphatic carbocycles. The molecular weight excluding hydrogens is 392 g/mol. The summed E-state index contributed by atoms with van der Waals surface area (Å²) in [5, 5.41) is 0. The molecule has 0 bridgehead atoms. The molecule has 2 N–H and O–H groups in total. The number of rotatable bonds is 7. The number of para-hydroxylation sites is 2. The van der Waals surface area contributed by atoms with Crippen LogP contribution in [0.3, 0.4) is 0 Å². The molecule has 0 atom stereocenters. The molecule has 0 unspecified atom stereocenters. The van der Waals surface area contributed by atoms with Gasteiger partial charge in [0.05, 0.1) is 7.11 Å². The number of amides is 2. The van der Waals surface area contributed by atoms with Gasteiger partial charge >= 0.3 is 0 Å². The Morgan fingerprint density at radius 2 is 1.44 bits per heavy atom. The Morgan fingerprint density at radius 3 is 2.04 bits per heavy atom. The fourth-order valence-corrected chi connectivity index (χ4v) is 2.04. The van der Waals surface area contributed by atoms with Gasteiger partial charge in [0.15, 0.2) is 24.7 Å². The van der Waals surface area contributed by atoms with Crippen molar-refractivity contribution in [2.45, 2.75) is 0 Å². The molecule has 2 rings (SSSR count). The molecule has 0 radical (unpaired) electrons. The van der Waals surface area contributed by atoms with E-state index in [-0.39, 0.29) is 13.2 Å². The minimum Gasteiger partial charge on any atom is -0.493 e. The zero-order chi connectivity index (χ0) is 18.1. The highest BCUT2D eigenvalue weighted by Crippen LogP contribution is 2.25. The topological polar surface area (TPSA) is 85.9 Å². The van der Waals surface area contributed by atoms with E-state index in [4.69, 9.17) is 14.2 Å². The highest BCUT2D eigenvalue weighted by atomic mass is 79.9. The Labute approximate surface area is 153 Å². The Hall–Kier alpha value is -2.74. The maximum Gasteiger partial charge on any atom is 0.276 e. The number of hydrogen-bond donors (Lipinski definition) is 2. The number of halogens is 1. The number of hydrogen-bond acceptors (Lipinski definition) is 5. The standard InChI is InChI=1S/C17H17BrN2O5/c1-23-14-4-2-3-5-15(14)25-11-17(22)20-19-16(21)10-24-13-8-6-12(18)7-9-13/h2-9H,10-11H2,1H3,(H,19,21)(H,20,22). The fraction of sp³-hybridized carbons (Fsp3) is 0.176. The van der Waals surface area contributed by atoms with Crippen LogP contribution in [0, 0.1) is 0 Å². The molecule has 25 heavy (non-hydrogen) atoms. The van der Waals surface area contributed by atoms with Gasteiger partial charge < -0.3 is 14.2 Å². The second-order valence-corrected chi connectivity index (χ2v) is 5.69. The molecule has 0 spiro atoms. The molecule has 0 heterocycles. The molecular formula is C17H17BrN2O5. The van der Waals surface area contributed by atoms with E-state index >= 15 is 0 Å². The number of hydrazine groups is 1. The van der Waals surface area contributed by atoms with Gasteiger partial charge in [-0.05, 0) is 36.4 Å². The van der Waals surface area contributed by atoms with Gasteiger partial charge in [-0.15, -0.1) is 0 Å². The molecule has 7 nitrogen and oxygen atoms in total. The summed E-state index contributed by atoms with van der Waals surface area (Å²) >= 11 is 3.30. The highest BCUT2D eigenvalue weighted by molar-refractivity contribution is 9.10. The molecule has 0 aliphatic rings. The molecule has 0 saturated carbocycles. The van der Waals surface area contributed by atoms with Crippen LogP contribution in [0.5, 0.6) is 17.2 Å². The van der Waals surface area contributed by atoms with Crippen molar-refractivity contribution < 1.29 is 23.8 Å². The lowest BCUT2D eigenvalue weighted by atomic mass is 10.3. The van der Waals surface area contributed by atoms with E-state index in [2.05, 4.69) is 26.8 Å². The van der Waals surface area contributed by atoms with E-state index in [0.29, 0.717) is 17.2 Å². The van der Waals surface area contributed by atoms with Crippen molar-refractivity contribution in [1.29, 1.82) is 0 Å². The maximum absolute atomic E-state index is 11.7. The van der Waals surface area contributed by atoms with Crippen molar-refractivity contribution >= 4 is 27.7 Å². The maximum atomic E-state index is 11.7. The summed E-state index contributed by atoms with van der Waals surface area (Å²) in [5.41, 5.74) is 4.49. The first kappa shape index (κ1) is 18.6. The van der Waals surface area contributed by atoms with Crippen LogP contribution in [0.4, 0.5) is 0 Å². The van der Waals surface area contributed by atoms with E-state index in [1.165, 1.54) is 7.11 Å². The summed E-state index contributed by atoms with van der Waals surface area (Å²) in [6, 6.07) is 14.0. The minimum atomic E-state index is -0.511. The first-order valence-corrected chi connectivity index (χ1v) is 8.09. The van der Waals surface area contributed by atoms with Crippen molar-refractivity contribution in [3.63, 3.8) is 0 Å². The van der Waals surface area contributed by atoms with Gasteiger partial charge in [0, 0.05) is 4.47 Å². The first-order chi connectivity index (χ1) is 12.1. The predicted octanol–water partition coefficient (Wildman–Crippen LogP) is 2.06. The zero-order valence-corrected chi connectivity index (χ0v) is 15.0. The molecule has 8 heteroatoms. The Bertz CT molecular complexity index is 721. The SMILES string of the molecule is COc1ccccc1OCC(=O)NNC(=O)COc1ccc(Br)cc1. The Balaban J connectivity index is 1.68. The van der Waals surface area contributed by atoms with Crippen molar-refractivity contribution in [3.8, 4) is 17.2 Å². The predicted molar refractivity (Wildman–Crippen MR) is 94.4 cm³/mol. The summed E-state index contributed by atoms with van der Waals surface area (Å²) < 4.78 is 16.6. The van der Waals surface area contributed by atoms with E-state index in [1.807, 2.05) is 0 Å². The monoisotopic (exact) mass is 408 g/mol. The normalized spacial score (nSPS) is 9.84. The number of methoxy groups -OCH3 is 1. The average Bonchev–Trinajstić information content (AvgIpc) is 2.64. The number of benzene rings is 2. The Kier molecular flexibility index (Phi) is 7.09. The lowest BCUT2D eigenvalue weighted by Crippen LogP contribution is -2.45. The van der Waals surface area contributed by atoms with Crippen molar-refractivity contribution in [3.05, 3.63) is 53.0 Å². The summed E-state index contributed by atoms with van der Waals surface area (Å²) in [7, 11) is 1.51. The van der Waals surface area contributed by atoms with Crippen LogP contribution in [0.2, 0.25) is 0 Å². The van der Waals surface area contributed by atoms with Gasteiger partial charge in [-0.2, -0.15) is 0 Å². The summed E-state index contributed by atoms with van der Waals surface area (Å²) in [6.07, 6.45) is 0. The second kappa shape index (κ2) is 9.53. The minimum absolute atomic E-state index is 0.227. The molecule has 2 aromatic rings. The Morgan fingerprint density at radius 1 is 0.880 bits per heavy atom. The van der Waals surface area contributed by atoms with Crippen LogP contribution in [0.25, 0.3) is 0 Å². The van der Waals surface area contributed by atoms with Crippen molar-refractivity contribution in [2.24, 2.45) is 0 Å². The van der Waals surface area contributed by atoms with Crippen LogP contribution >= 0.6 is 15.9 Å². The fourth-order valence-electron chi connectivity index (χ4n) is 1.77. The van der Waals surface area contributed by atoms with E-state index < -0.39 is 11.8 Å². The number of carbonyl (C=O) groups is 2. The highest BCUT2D eigenvalue weighted by Gasteiger charge is 2.08. The van der Waals surface area contributed by atoms with Crippen LogP contribution in [0.15, 0.2) is 53.0 Å². The summed E-state index contributed by atoms with van der Waals surface area (Å²) in [4.78, 5) is 23.3. The lowest BCUT2D eigenvalue weighted by molar-refractivity contribution is -0.131. The summed E-state index contributed by atoms with van der Waals surface area (Å²) in [5.74, 6) is 0.493.